The summed E-state index contributed by atoms with van der Waals surface area (Å²) in [7, 11) is 0. The third-order valence-corrected chi connectivity index (χ3v) is 3.07. The highest BCUT2D eigenvalue weighted by molar-refractivity contribution is 6.33. The number of phenolic OH excluding ortho intramolecular Hbond substituents is 1. The molecule has 0 saturated carbocycles. The SMILES string of the molecule is Cc1cc(N)c(Cl)cc1NC(=O)c1ccccc1O. The maximum Gasteiger partial charge on any atom is 0.259 e. The number of hydrogen-bond donors (Lipinski definition) is 3. The number of phenols is 1. The first-order valence-electron chi connectivity index (χ1n) is 5.64. The van der Waals surface area contributed by atoms with Crippen LogP contribution in [0.15, 0.2) is 36.4 Å². The number of nitrogen functional groups attached to an aromatic ring is 1. The van der Waals surface area contributed by atoms with Gasteiger partial charge in [0.05, 0.1) is 16.3 Å². The Morgan fingerprint density at radius 1 is 1.32 bits per heavy atom. The molecule has 2 aromatic carbocycles. The molecular weight excluding hydrogens is 264 g/mol. The highest BCUT2D eigenvalue weighted by Crippen LogP contribution is 2.27. The highest BCUT2D eigenvalue weighted by Gasteiger charge is 2.12. The summed E-state index contributed by atoms with van der Waals surface area (Å²) in [5, 5.41) is 12.7. The molecule has 0 aliphatic rings. The number of hydrogen-bond acceptors (Lipinski definition) is 3. The quantitative estimate of drug-likeness (QED) is 0.737. The van der Waals surface area contributed by atoms with E-state index < -0.39 is 5.91 Å². The van der Waals surface area contributed by atoms with E-state index in [2.05, 4.69) is 5.32 Å². The minimum absolute atomic E-state index is 0.0702. The lowest BCUT2D eigenvalue weighted by Crippen LogP contribution is -2.13. The summed E-state index contributed by atoms with van der Waals surface area (Å²) in [6, 6.07) is 9.60. The zero-order valence-electron chi connectivity index (χ0n) is 10.3. The van der Waals surface area contributed by atoms with Crippen molar-refractivity contribution in [1.29, 1.82) is 0 Å². The molecule has 0 aliphatic heterocycles. The summed E-state index contributed by atoms with van der Waals surface area (Å²) in [5.74, 6) is -0.471. The molecule has 2 rings (SSSR count). The van der Waals surface area contributed by atoms with E-state index in [0.717, 1.165) is 5.56 Å². The van der Waals surface area contributed by atoms with Gasteiger partial charge in [0, 0.05) is 5.69 Å². The zero-order valence-corrected chi connectivity index (χ0v) is 11.0. The number of amides is 1. The van der Waals surface area contributed by atoms with E-state index in [0.29, 0.717) is 16.4 Å². The van der Waals surface area contributed by atoms with E-state index in [1.54, 1.807) is 30.3 Å². The van der Waals surface area contributed by atoms with Gasteiger partial charge in [-0.2, -0.15) is 0 Å². The molecule has 0 aromatic heterocycles. The van der Waals surface area contributed by atoms with Crippen LogP contribution in [0, 0.1) is 6.92 Å². The van der Waals surface area contributed by atoms with E-state index in [9.17, 15) is 9.90 Å². The molecule has 5 heteroatoms. The molecule has 0 radical (unpaired) electrons. The fraction of sp³-hybridized carbons (Fsp3) is 0.0714. The number of nitrogens with one attached hydrogen (secondary N) is 1. The minimum atomic E-state index is -0.401. The van der Waals surface area contributed by atoms with Gasteiger partial charge in [-0.15, -0.1) is 0 Å². The molecule has 0 atom stereocenters. The van der Waals surface area contributed by atoms with E-state index in [1.807, 2.05) is 6.92 Å². The van der Waals surface area contributed by atoms with Gasteiger partial charge in [-0.1, -0.05) is 23.7 Å². The maximum atomic E-state index is 12.0. The molecule has 19 heavy (non-hydrogen) atoms. The Hall–Kier alpha value is -2.20. The normalized spacial score (nSPS) is 10.2. The summed E-state index contributed by atoms with van der Waals surface area (Å²) >= 11 is 5.92. The molecule has 4 nitrogen and oxygen atoms in total. The summed E-state index contributed by atoms with van der Waals surface area (Å²) in [5.41, 5.74) is 7.69. The third-order valence-electron chi connectivity index (χ3n) is 2.74. The number of aryl methyl sites for hydroxylation is 1. The monoisotopic (exact) mass is 276 g/mol. The van der Waals surface area contributed by atoms with Gasteiger partial charge in [-0.25, -0.2) is 0 Å². The summed E-state index contributed by atoms with van der Waals surface area (Å²) < 4.78 is 0. The van der Waals surface area contributed by atoms with E-state index >= 15 is 0 Å². The molecule has 98 valence electrons. The van der Waals surface area contributed by atoms with Crippen LogP contribution in [-0.4, -0.2) is 11.0 Å². The second-order valence-electron chi connectivity index (χ2n) is 4.16. The van der Waals surface area contributed by atoms with Crippen molar-refractivity contribution in [2.45, 2.75) is 6.92 Å². The Bertz CT molecular complexity index is 641. The molecule has 0 spiro atoms. The molecule has 2 aromatic rings. The van der Waals surface area contributed by atoms with Crippen molar-refractivity contribution in [2.24, 2.45) is 0 Å². The van der Waals surface area contributed by atoms with Gasteiger partial charge in [0.2, 0.25) is 0 Å². The first-order valence-corrected chi connectivity index (χ1v) is 6.02. The van der Waals surface area contributed by atoms with Gasteiger partial charge in [-0.05, 0) is 36.8 Å². The molecule has 0 fully saturated rings. The molecule has 0 aliphatic carbocycles. The van der Waals surface area contributed by atoms with Crippen molar-refractivity contribution in [1.82, 2.24) is 0 Å². The molecule has 1 amide bonds. The Labute approximate surface area is 115 Å². The minimum Gasteiger partial charge on any atom is -0.507 e. The van der Waals surface area contributed by atoms with Gasteiger partial charge < -0.3 is 16.2 Å². The number of benzene rings is 2. The van der Waals surface area contributed by atoms with Crippen LogP contribution in [0.5, 0.6) is 5.75 Å². The van der Waals surface area contributed by atoms with Crippen molar-refractivity contribution in [3.63, 3.8) is 0 Å². The van der Waals surface area contributed by atoms with Crippen molar-refractivity contribution in [2.75, 3.05) is 11.1 Å². The standard InChI is InChI=1S/C14H13ClN2O2/c1-8-6-11(16)10(15)7-12(8)17-14(19)9-4-2-3-5-13(9)18/h2-7,18H,16H2,1H3,(H,17,19). The van der Waals surface area contributed by atoms with Crippen LogP contribution in [0.25, 0.3) is 0 Å². The topological polar surface area (TPSA) is 75.3 Å². The zero-order chi connectivity index (χ0) is 14.0. The van der Waals surface area contributed by atoms with Gasteiger partial charge in [0.25, 0.3) is 5.91 Å². The van der Waals surface area contributed by atoms with Crippen molar-refractivity contribution in [3.8, 4) is 5.75 Å². The number of carbonyl (C=O) groups is 1. The summed E-state index contributed by atoms with van der Waals surface area (Å²) in [6.45, 7) is 1.81. The molecule has 0 unspecified atom stereocenters. The van der Waals surface area contributed by atoms with Crippen molar-refractivity contribution < 1.29 is 9.90 Å². The smallest absolute Gasteiger partial charge is 0.259 e. The second kappa shape index (κ2) is 5.20. The number of aromatic hydroxyl groups is 1. The number of rotatable bonds is 2. The number of para-hydroxylation sites is 1. The van der Waals surface area contributed by atoms with E-state index in [1.165, 1.54) is 6.07 Å². The van der Waals surface area contributed by atoms with Gasteiger partial charge in [-0.3, -0.25) is 4.79 Å². The largest absolute Gasteiger partial charge is 0.507 e. The van der Waals surface area contributed by atoms with Crippen LogP contribution in [0.3, 0.4) is 0 Å². The summed E-state index contributed by atoms with van der Waals surface area (Å²) in [6.07, 6.45) is 0. The number of nitrogens with two attached hydrogens (primary N) is 1. The highest BCUT2D eigenvalue weighted by atomic mass is 35.5. The van der Waals surface area contributed by atoms with Crippen LogP contribution in [0.4, 0.5) is 11.4 Å². The Kier molecular flexibility index (Phi) is 3.62. The number of carbonyl (C=O) groups excluding carboxylic acids is 1. The average Bonchev–Trinajstić information content (AvgIpc) is 2.36. The second-order valence-corrected chi connectivity index (χ2v) is 4.57. The molecule has 4 N–H and O–H groups in total. The molecule has 0 heterocycles. The molecular formula is C14H13ClN2O2. The average molecular weight is 277 g/mol. The first kappa shape index (κ1) is 13.2. The first-order chi connectivity index (χ1) is 8.99. The predicted octanol–water partition coefficient (Wildman–Crippen LogP) is 3.19. The Morgan fingerprint density at radius 3 is 2.68 bits per heavy atom. The lowest BCUT2D eigenvalue weighted by molar-refractivity contribution is 0.102. The van der Waals surface area contributed by atoms with Gasteiger partial charge in [0.15, 0.2) is 0 Å². The van der Waals surface area contributed by atoms with E-state index in [4.69, 9.17) is 17.3 Å². The number of halogens is 1. The summed E-state index contributed by atoms with van der Waals surface area (Å²) in [4.78, 5) is 12.0. The Balaban J connectivity index is 2.30. The van der Waals surface area contributed by atoms with Crippen molar-refractivity contribution in [3.05, 3.63) is 52.5 Å². The van der Waals surface area contributed by atoms with E-state index in [-0.39, 0.29) is 11.3 Å². The Morgan fingerprint density at radius 2 is 2.00 bits per heavy atom. The maximum absolute atomic E-state index is 12.0. The van der Waals surface area contributed by atoms with Crippen molar-refractivity contribution >= 4 is 28.9 Å². The van der Waals surface area contributed by atoms with Crippen LogP contribution in [-0.2, 0) is 0 Å². The lowest BCUT2D eigenvalue weighted by atomic mass is 10.1. The van der Waals surface area contributed by atoms with Crippen LogP contribution in [0.1, 0.15) is 15.9 Å². The van der Waals surface area contributed by atoms with Crippen LogP contribution in [0.2, 0.25) is 5.02 Å². The van der Waals surface area contributed by atoms with Crippen LogP contribution >= 0.6 is 11.6 Å². The lowest BCUT2D eigenvalue weighted by Gasteiger charge is -2.11. The van der Waals surface area contributed by atoms with Gasteiger partial charge in [0.1, 0.15) is 5.75 Å². The fourth-order valence-corrected chi connectivity index (χ4v) is 1.86. The predicted molar refractivity (Wildman–Crippen MR) is 76.7 cm³/mol. The van der Waals surface area contributed by atoms with Crippen LogP contribution < -0.4 is 11.1 Å². The molecule has 0 saturated heterocycles. The molecule has 0 bridgehead atoms. The number of anilines is 2. The van der Waals surface area contributed by atoms with Gasteiger partial charge >= 0.3 is 0 Å². The third kappa shape index (κ3) is 2.80. The fourth-order valence-electron chi connectivity index (χ4n) is 1.69.